The summed E-state index contributed by atoms with van der Waals surface area (Å²) in [6.45, 7) is 7.42. The first-order valence-electron chi connectivity index (χ1n) is 9.75. The van der Waals surface area contributed by atoms with E-state index in [1.165, 1.54) is 23.1 Å². The van der Waals surface area contributed by atoms with Gasteiger partial charge in [-0.25, -0.2) is 0 Å². The Labute approximate surface area is 161 Å². The molecule has 27 heavy (non-hydrogen) atoms. The number of hydrogen-bond acceptors (Lipinski definition) is 4. The van der Waals surface area contributed by atoms with Gasteiger partial charge >= 0.3 is 0 Å². The molecule has 1 aromatic carbocycles. The van der Waals surface area contributed by atoms with Crippen molar-refractivity contribution in [2.24, 2.45) is 0 Å². The fourth-order valence-corrected chi connectivity index (χ4v) is 3.76. The van der Waals surface area contributed by atoms with Gasteiger partial charge in [0.1, 0.15) is 0 Å². The summed E-state index contributed by atoms with van der Waals surface area (Å²) < 4.78 is 2.00. The molecule has 0 spiro atoms. The zero-order chi connectivity index (χ0) is 18.3. The minimum atomic E-state index is 0.838. The van der Waals surface area contributed by atoms with Crippen molar-refractivity contribution in [3.05, 3.63) is 83.9 Å². The van der Waals surface area contributed by atoms with Crippen molar-refractivity contribution >= 4 is 0 Å². The molecule has 1 aliphatic heterocycles. The van der Waals surface area contributed by atoms with Crippen molar-refractivity contribution in [1.29, 1.82) is 0 Å². The van der Waals surface area contributed by atoms with Crippen LogP contribution in [0.4, 0.5) is 0 Å². The Morgan fingerprint density at radius 1 is 0.704 bits per heavy atom. The molecule has 0 saturated carbocycles. The molecule has 1 fully saturated rings. The zero-order valence-electron chi connectivity index (χ0n) is 15.7. The number of rotatable bonds is 6. The molecule has 5 heteroatoms. The third-order valence-corrected chi connectivity index (χ3v) is 5.24. The Morgan fingerprint density at radius 2 is 1.41 bits per heavy atom. The average molecular weight is 361 g/mol. The molecule has 0 atom stereocenters. The highest BCUT2D eigenvalue weighted by atomic mass is 15.3. The summed E-state index contributed by atoms with van der Waals surface area (Å²) in [5.41, 5.74) is 4.12. The number of aromatic nitrogens is 3. The van der Waals surface area contributed by atoms with E-state index in [1.807, 2.05) is 35.5 Å². The normalized spacial score (nSPS) is 16.3. The Bertz CT molecular complexity index is 816. The standard InChI is InChI=1S/C22H27N5/c1-2-6-22(19-27-14-3-9-24-27)21(5-1)18-26-13-4-12-25(15-16-26)17-20-7-10-23-11-8-20/h1-3,5-11,14H,4,12-13,15-19H2. The first-order chi connectivity index (χ1) is 13.4. The lowest BCUT2D eigenvalue weighted by Crippen LogP contribution is -2.30. The third-order valence-electron chi connectivity index (χ3n) is 5.24. The summed E-state index contributed by atoms with van der Waals surface area (Å²) in [5.74, 6) is 0. The van der Waals surface area contributed by atoms with Crippen molar-refractivity contribution in [1.82, 2.24) is 24.6 Å². The summed E-state index contributed by atoms with van der Waals surface area (Å²) in [7, 11) is 0. The van der Waals surface area contributed by atoms with Gasteiger partial charge in [0, 0.05) is 51.0 Å². The lowest BCUT2D eigenvalue weighted by atomic mass is 10.1. The van der Waals surface area contributed by atoms with E-state index in [-0.39, 0.29) is 0 Å². The van der Waals surface area contributed by atoms with Crippen LogP contribution in [0, 0.1) is 0 Å². The molecule has 0 bridgehead atoms. The van der Waals surface area contributed by atoms with Crippen molar-refractivity contribution in [2.45, 2.75) is 26.1 Å². The van der Waals surface area contributed by atoms with E-state index in [1.54, 1.807) is 0 Å². The topological polar surface area (TPSA) is 37.2 Å². The van der Waals surface area contributed by atoms with E-state index in [0.717, 1.165) is 45.8 Å². The van der Waals surface area contributed by atoms with Crippen molar-refractivity contribution < 1.29 is 0 Å². The molecule has 0 aliphatic carbocycles. The van der Waals surface area contributed by atoms with Crippen LogP contribution in [0.25, 0.3) is 0 Å². The van der Waals surface area contributed by atoms with E-state index < -0.39 is 0 Å². The van der Waals surface area contributed by atoms with E-state index in [9.17, 15) is 0 Å². The maximum atomic E-state index is 4.36. The molecule has 0 amide bonds. The van der Waals surface area contributed by atoms with Crippen LogP contribution in [0.2, 0.25) is 0 Å². The molecular formula is C22H27N5. The fourth-order valence-electron chi connectivity index (χ4n) is 3.76. The van der Waals surface area contributed by atoms with Crippen LogP contribution in [-0.2, 0) is 19.6 Å². The quantitative estimate of drug-likeness (QED) is 0.676. The third kappa shape index (κ3) is 5.02. The largest absolute Gasteiger partial charge is 0.298 e. The lowest BCUT2D eigenvalue weighted by Gasteiger charge is -2.23. The van der Waals surface area contributed by atoms with E-state index in [4.69, 9.17) is 0 Å². The second-order valence-corrected chi connectivity index (χ2v) is 7.23. The Morgan fingerprint density at radius 3 is 2.11 bits per heavy atom. The molecule has 2 aromatic heterocycles. The van der Waals surface area contributed by atoms with Crippen LogP contribution in [-0.4, -0.2) is 50.7 Å². The Kier molecular flexibility index (Phi) is 5.92. The molecule has 0 N–H and O–H groups in total. The minimum absolute atomic E-state index is 0.838. The first-order valence-corrected chi connectivity index (χ1v) is 9.75. The highest BCUT2D eigenvalue weighted by molar-refractivity contribution is 5.27. The predicted molar refractivity (Wildman–Crippen MR) is 107 cm³/mol. The van der Waals surface area contributed by atoms with Crippen LogP contribution in [0.3, 0.4) is 0 Å². The maximum Gasteiger partial charge on any atom is 0.0662 e. The molecule has 5 nitrogen and oxygen atoms in total. The van der Waals surface area contributed by atoms with Gasteiger partial charge in [-0.1, -0.05) is 24.3 Å². The lowest BCUT2D eigenvalue weighted by molar-refractivity contribution is 0.246. The van der Waals surface area contributed by atoms with Gasteiger partial charge in [-0.15, -0.1) is 0 Å². The van der Waals surface area contributed by atoms with E-state index in [2.05, 4.69) is 56.3 Å². The number of nitrogens with zero attached hydrogens (tertiary/aromatic N) is 5. The summed E-state index contributed by atoms with van der Waals surface area (Å²) in [6, 6.07) is 15.0. The van der Waals surface area contributed by atoms with Gasteiger partial charge in [-0.3, -0.25) is 19.5 Å². The number of pyridine rings is 1. The SMILES string of the molecule is c1ccc(Cn2cccn2)c(CN2CCCN(Cc3ccncc3)CC2)c1. The van der Waals surface area contributed by atoms with Crippen LogP contribution < -0.4 is 0 Å². The van der Waals surface area contributed by atoms with Gasteiger partial charge in [-0.05, 0) is 54.4 Å². The van der Waals surface area contributed by atoms with E-state index in [0.29, 0.717) is 0 Å². The van der Waals surface area contributed by atoms with Gasteiger partial charge in [0.2, 0.25) is 0 Å². The maximum absolute atomic E-state index is 4.36. The van der Waals surface area contributed by atoms with Crippen molar-refractivity contribution in [3.63, 3.8) is 0 Å². The second-order valence-electron chi connectivity index (χ2n) is 7.23. The van der Waals surface area contributed by atoms with Crippen LogP contribution in [0.5, 0.6) is 0 Å². The molecule has 3 heterocycles. The zero-order valence-corrected chi connectivity index (χ0v) is 15.7. The van der Waals surface area contributed by atoms with E-state index >= 15 is 0 Å². The van der Waals surface area contributed by atoms with Gasteiger partial charge in [0.15, 0.2) is 0 Å². The first kappa shape index (κ1) is 17.9. The van der Waals surface area contributed by atoms with Crippen LogP contribution in [0.15, 0.2) is 67.3 Å². The molecule has 140 valence electrons. The number of hydrogen-bond donors (Lipinski definition) is 0. The summed E-state index contributed by atoms with van der Waals surface area (Å²) >= 11 is 0. The fraction of sp³-hybridized carbons (Fsp3) is 0.364. The molecule has 4 rings (SSSR count). The molecule has 0 radical (unpaired) electrons. The second kappa shape index (κ2) is 8.93. The van der Waals surface area contributed by atoms with Crippen LogP contribution >= 0.6 is 0 Å². The van der Waals surface area contributed by atoms with Gasteiger partial charge in [-0.2, -0.15) is 5.10 Å². The van der Waals surface area contributed by atoms with Crippen molar-refractivity contribution in [2.75, 3.05) is 26.2 Å². The predicted octanol–water partition coefficient (Wildman–Crippen LogP) is 3.03. The summed E-state index contributed by atoms with van der Waals surface area (Å²) in [5, 5.41) is 4.36. The van der Waals surface area contributed by atoms with Crippen molar-refractivity contribution in [3.8, 4) is 0 Å². The van der Waals surface area contributed by atoms with Crippen LogP contribution in [0.1, 0.15) is 23.1 Å². The monoisotopic (exact) mass is 361 g/mol. The smallest absolute Gasteiger partial charge is 0.0662 e. The highest BCUT2D eigenvalue weighted by Crippen LogP contribution is 2.15. The molecular weight excluding hydrogens is 334 g/mol. The number of benzene rings is 1. The molecule has 3 aromatic rings. The minimum Gasteiger partial charge on any atom is -0.298 e. The molecule has 1 aliphatic rings. The summed E-state index contributed by atoms with van der Waals surface area (Å²) in [6.07, 6.45) is 8.85. The highest BCUT2D eigenvalue weighted by Gasteiger charge is 2.16. The van der Waals surface area contributed by atoms with Gasteiger partial charge in [0.05, 0.1) is 6.54 Å². The Balaban J connectivity index is 1.36. The molecule has 1 saturated heterocycles. The molecule has 0 unspecified atom stereocenters. The van der Waals surface area contributed by atoms with Gasteiger partial charge in [0.25, 0.3) is 0 Å². The summed E-state index contributed by atoms with van der Waals surface area (Å²) in [4.78, 5) is 9.27. The average Bonchev–Trinajstić information content (AvgIpc) is 3.11. The van der Waals surface area contributed by atoms with Gasteiger partial charge < -0.3 is 0 Å². The Hall–Kier alpha value is -2.50.